The van der Waals surface area contributed by atoms with E-state index in [0.717, 1.165) is 25.1 Å². The van der Waals surface area contributed by atoms with Crippen molar-refractivity contribution < 1.29 is 4.74 Å². The summed E-state index contributed by atoms with van der Waals surface area (Å²) in [6.45, 7) is 1.46. The zero-order valence-electron chi connectivity index (χ0n) is 10.3. The van der Waals surface area contributed by atoms with Crippen LogP contribution in [-0.2, 0) is 11.2 Å². The molecule has 2 N–H and O–H groups in total. The van der Waals surface area contributed by atoms with Gasteiger partial charge in [-0.05, 0) is 25.3 Å². The Morgan fingerprint density at radius 2 is 2.29 bits per heavy atom. The second kappa shape index (κ2) is 4.42. The summed E-state index contributed by atoms with van der Waals surface area (Å²) < 4.78 is 7.52. The third-order valence-corrected chi connectivity index (χ3v) is 4.03. The molecule has 0 radical (unpaired) electrons. The van der Waals surface area contributed by atoms with Crippen LogP contribution in [0.4, 0.5) is 0 Å². The van der Waals surface area contributed by atoms with Gasteiger partial charge >= 0.3 is 0 Å². The number of nitrogens with zero attached hydrogens (tertiary/aromatic N) is 2. The highest BCUT2D eigenvalue weighted by molar-refractivity contribution is 5.07. The van der Waals surface area contributed by atoms with Crippen molar-refractivity contribution in [1.82, 2.24) is 9.78 Å². The van der Waals surface area contributed by atoms with Crippen molar-refractivity contribution >= 4 is 0 Å². The van der Waals surface area contributed by atoms with Crippen LogP contribution in [0.15, 0.2) is 12.3 Å². The molecule has 2 fully saturated rings. The van der Waals surface area contributed by atoms with E-state index < -0.39 is 0 Å². The minimum atomic E-state index is -0.186. The van der Waals surface area contributed by atoms with Crippen LogP contribution < -0.4 is 5.73 Å². The lowest BCUT2D eigenvalue weighted by atomic mass is 9.94. The van der Waals surface area contributed by atoms with Crippen LogP contribution in [0.2, 0.25) is 0 Å². The summed E-state index contributed by atoms with van der Waals surface area (Å²) in [5.41, 5.74) is 7.21. The van der Waals surface area contributed by atoms with E-state index in [1.807, 2.05) is 0 Å². The Balaban J connectivity index is 1.67. The molecule has 1 aromatic rings. The summed E-state index contributed by atoms with van der Waals surface area (Å²) in [7, 11) is 0. The molecule has 1 saturated carbocycles. The van der Waals surface area contributed by atoms with Crippen LogP contribution in [0.5, 0.6) is 0 Å². The Kier molecular flexibility index (Phi) is 2.92. The van der Waals surface area contributed by atoms with Gasteiger partial charge in [-0.1, -0.05) is 12.8 Å². The van der Waals surface area contributed by atoms with Crippen LogP contribution >= 0.6 is 0 Å². The number of aromatic nitrogens is 2. The first kappa shape index (κ1) is 11.2. The number of nitrogens with two attached hydrogens (primary N) is 1. The quantitative estimate of drug-likeness (QED) is 0.867. The van der Waals surface area contributed by atoms with Crippen LogP contribution in [-0.4, -0.2) is 28.5 Å². The third kappa shape index (κ3) is 2.38. The molecule has 0 aromatic carbocycles. The maximum atomic E-state index is 6.28. The molecule has 1 aliphatic carbocycles. The van der Waals surface area contributed by atoms with E-state index in [2.05, 4.69) is 22.0 Å². The van der Waals surface area contributed by atoms with Crippen molar-refractivity contribution in [1.29, 1.82) is 0 Å². The smallest absolute Gasteiger partial charge is 0.0650 e. The number of ether oxygens (including phenoxy) is 1. The standard InChI is InChI=1S/C13H21N3O/c14-13(6-8-17-10-13)9-11-5-7-16(15-11)12-3-1-2-4-12/h5,7,12H,1-4,6,8-10,14H2. The molecule has 0 amide bonds. The number of hydrogen-bond acceptors (Lipinski definition) is 3. The van der Waals surface area contributed by atoms with Gasteiger partial charge in [0.05, 0.1) is 18.3 Å². The molecular weight excluding hydrogens is 214 g/mol. The van der Waals surface area contributed by atoms with Crippen molar-refractivity contribution in [2.75, 3.05) is 13.2 Å². The molecule has 1 unspecified atom stereocenters. The highest BCUT2D eigenvalue weighted by atomic mass is 16.5. The van der Waals surface area contributed by atoms with Gasteiger partial charge in [-0.2, -0.15) is 5.10 Å². The highest BCUT2D eigenvalue weighted by Crippen LogP contribution is 2.29. The third-order valence-electron chi connectivity index (χ3n) is 4.03. The van der Waals surface area contributed by atoms with Crippen molar-refractivity contribution in [2.24, 2.45) is 5.73 Å². The fraction of sp³-hybridized carbons (Fsp3) is 0.769. The van der Waals surface area contributed by atoms with E-state index in [1.54, 1.807) is 0 Å². The SMILES string of the molecule is NC1(Cc2ccn(C3CCCC3)n2)CCOC1. The van der Waals surface area contributed by atoms with Gasteiger partial charge in [-0.15, -0.1) is 0 Å². The molecule has 1 aliphatic heterocycles. The Morgan fingerprint density at radius 3 is 3.00 bits per heavy atom. The maximum absolute atomic E-state index is 6.28. The van der Waals surface area contributed by atoms with Gasteiger partial charge < -0.3 is 10.5 Å². The monoisotopic (exact) mass is 235 g/mol. The molecular formula is C13H21N3O. The molecule has 17 heavy (non-hydrogen) atoms. The van der Waals surface area contributed by atoms with Gasteiger partial charge in [0.1, 0.15) is 0 Å². The second-order valence-electron chi connectivity index (χ2n) is 5.57. The molecule has 1 aromatic heterocycles. The van der Waals surface area contributed by atoms with E-state index in [0.29, 0.717) is 12.6 Å². The molecule has 94 valence electrons. The predicted octanol–water partition coefficient (Wildman–Crippen LogP) is 1.66. The molecule has 1 saturated heterocycles. The van der Waals surface area contributed by atoms with E-state index in [1.165, 1.54) is 25.7 Å². The van der Waals surface area contributed by atoms with Gasteiger partial charge in [0.25, 0.3) is 0 Å². The van der Waals surface area contributed by atoms with E-state index >= 15 is 0 Å². The fourth-order valence-corrected chi connectivity index (χ4v) is 2.97. The minimum Gasteiger partial charge on any atom is -0.379 e. The maximum Gasteiger partial charge on any atom is 0.0650 e. The van der Waals surface area contributed by atoms with Gasteiger partial charge in [-0.3, -0.25) is 4.68 Å². The molecule has 2 aliphatic rings. The zero-order chi connectivity index (χ0) is 11.7. The molecule has 0 spiro atoms. The summed E-state index contributed by atoms with van der Waals surface area (Å²) in [6, 6.07) is 2.74. The van der Waals surface area contributed by atoms with Gasteiger partial charge in [0, 0.05) is 24.8 Å². The molecule has 1 atom stereocenters. The molecule has 4 nitrogen and oxygen atoms in total. The topological polar surface area (TPSA) is 53.1 Å². The fourth-order valence-electron chi connectivity index (χ4n) is 2.97. The van der Waals surface area contributed by atoms with Crippen molar-refractivity contribution in [2.45, 2.75) is 50.1 Å². The molecule has 0 bridgehead atoms. The van der Waals surface area contributed by atoms with Crippen molar-refractivity contribution in [3.63, 3.8) is 0 Å². The predicted molar refractivity (Wildman–Crippen MR) is 65.8 cm³/mol. The lowest BCUT2D eigenvalue weighted by Gasteiger charge is -2.20. The zero-order valence-corrected chi connectivity index (χ0v) is 10.3. The van der Waals surface area contributed by atoms with E-state index in [9.17, 15) is 0 Å². The van der Waals surface area contributed by atoms with Gasteiger partial charge in [0.2, 0.25) is 0 Å². The van der Waals surface area contributed by atoms with Crippen LogP contribution in [0.3, 0.4) is 0 Å². The average molecular weight is 235 g/mol. The first-order chi connectivity index (χ1) is 8.25. The lowest BCUT2D eigenvalue weighted by molar-refractivity contribution is 0.177. The molecule has 4 heteroatoms. The summed E-state index contributed by atoms with van der Waals surface area (Å²) in [6.07, 6.45) is 9.14. The first-order valence-corrected chi connectivity index (χ1v) is 6.66. The summed E-state index contributed by atoms with van der Waals surface area (Å²) in [5, 5.41) is 4.68. The first-order valence-electron chi connectivity index (χ1n) is 6.66. The summed E-state index contributed by atoms with van der Waals surface area (Å²) in [4.78, 5) is 0. The van der Waals surface area contributed by atoms with Gasteiger partial charge in [-0.25, -0.2) is 0 Å². The Bertz CT molecular complexity index is 376. The normalized spacial score (nSPS) is 30.2. The number of hydrogen-bond donors (Lipinski definition) is 1. The van der Waals surface area contributed by atoms with Crippen LogP contribution in [0.25, 0.3) is 0 Å². The van der Waals surface area contributed by atoms with E-state index in [4.69, 9.17) is 10.5 Å². The summed E-state index contributed by atoms with van der Waals surface area (Å²) >= 11 is 0. The van der Waals surface area contributed by atoms with Crippen molar-refractivity contribution in [3.8, 4) is 0 Å². The Labute approximate surface area is 102 Å². The second-order valence-corrected chi connectivity index (χ2v) is 5.57. The van der Waals surface area contributed by atoms with Crippen LogP contribution in [0, 0.1) is 0 Å². The Hall–Kier alpha value is -0.870. The Morgan fingerprint density at radius 1 is 1.47 bits per heavy atom. The summed E-state index contributed by atoms with van der Waals surface area (Å²) in [5.74, 6) is 0. The highest BCUT2D eigenvalue weighted by Gasteiger charge is 2.31. The number of rotatable bonds is 3. The molecule has 2 heterocycles. The van der Waals surface area contributed by atoms with E-state index in [-0.39, 0.29) is 5.54 Å². The molecule has 3 rings (SSSR count). The van der Waals surface area contributed by atoms with Crippen molar-refractivity contribution in [3.05, 3.63) is 18.0 Å². The minimum absolute atomic E-state index is 0.186. The largest absolute Gasteiger partial charge is 0.379 e. The average Bonchev–Trinajstić information content (AvgIpc) is 2.98. The lowest BCUT2D eigenvalue weighted by Crippen LogP contribution is -2.42. The van der Waals surface area contributed by atoms with Crippen LogP contribution in [0.1, 0.15) is 43.8 Å². The van der Waals surface area contributed by atoms with Gasteiger partial charge in [0.15, 0.2) is 0 Å².